The summed E-state index contributed by atoms with van der Waals surface area (Å²) < 4.78 is 0. The first kappa shape index (κ1) is 9.88. The number of rotatable bonds is 6. The predicted octanol–water partition coefficient (Wildman–Crippen LogP) is -0.163. The third kappa shape index (κ3) is 6.01. The Morgan fingerprint density at radius 2 is 1.90 bits per heavy atom. The van der Waals surface area contributed by atoms with E-state index in [1.54, 1.807) is 0 Å². The molecule has 0 aliphatic heterocycles. The van der Waals surface area contributed by atoms with Crippen molar-refractivity contribution in [2.75, 3.05) is 26.9 Å². The molecule has 0 bridgehead atoms. The zero-order valence-corrected chi connectivity index (χ0v) is 7.14. The number of hydrogen-bond acceptors (Lipinski definition) is 2. The van der Waals surface area contributed by atoms with Gasteiger partial charge in [0.1, 0.15) is 0 Å². The first-order chi connectivity index (χ1) is 4.81. The molecule has 0 aliphatic rings. The van der Waals surface area contributed by atoms with E-state index in [9.17, 15) is 0 Å². The van der Waals surface area contributed by atoms with Crippen molar-refractivity contribution in [2.24, 2.45) is 0 Å². The second kappa shape index (κ2) is 6.99. The molecule has 0 saturated heterocycles. The maximum atomic E-state index is 4.86. The predicted molar refractivity (Wildman–Crippen MR) is 39.6 cm³/mol. The summed E-state index contributed by atoms with van der Waals surface area (Å²) in [6.07, 6.45) is 1.18. The van der Waals surface area contributed by atoms with E-state index in [1.165, 1.54) is 11.3 Å². The smallest absolute Gasteiger partial charge is 0.212 e. The van der Waals surface area contributed by atoms with Crippen molar-refractivity contribution in [3.63, 3.8) is 0 Å². The Balaban J connectivity index is 2.97. The molecule has 1 unspecified atom stereocenters. The molecular formula is C7H18NO2+. The van der Waals surface area contributed by atoms with Crippen molar-refractivity contribution in [1.82, 2.24) is 0 Å². The van der Waals surface area contributed by atoms with Crippen molar-refractivity contribution in [1.29, 1.82) is 0 Å². The molecule has 0 aromatic rings. The van der Waals surface area contributed by atoms with Gasteiger partial charge in [-0.15, -0.1) is 0 Å². The molecule has 0 aliphatic carbocycles. The van der Waals surface area contributed by atoms with E-state index in [1.807, 2.05) is 6.92 Å². The lowest BCUT2D eigenvalue weighted by Crippen LogP contribution is -3.09. The Kier molecular flexibility index (Phi) is 6.91. The summed E-state index contributed by atoms with van der Waals surface area (Å²) in [5, 5.41) is 0. The van der Waals surface area contributed by atoms with Gasteiger partial charge in [0, 0.05) is 0 Å². The quantitative estimate of drug-likeness (QED) is 0.245. The summed E-state index contributed by atoms with van der Waals surface area (Å²) in [7, 11) is 2.09. The van der Waals surface area contributed by atoms with Crippen LogP contribution in [0.25, 0.3) is 0 Å². The monoisotopic (exact) mass is 148 g/mol. The molecule has 0 radical (unpaired) electrons. The van der Waals surface area contributed by atoms with Gasteiger partial charge in [-0.1, -0.05) is 6.92 Å². The van der Waals surface area contributed by atoms with Crippen molar-refractivity contribution < 1.29 is 14.7 Å². The van der Waals surface area contributed by atoms with E-state index in [-0.39, 0.29) is 0 Å². The lowest BCUT2D eigenvalue weighted by Gasteiger charge is -2.10. The van der Waals surface area contributed by atoms with E-state index in [0.717, 1.165) is 6.54 Å². The summed E-state index contributed by atoms with van der Waals surface area (Å²) in [6.45, 7) is 6.47. The minimum atomic E-state index is 0.624. The minimum Gasteiger partial charge on any atom is -0.313 e. The largest absolute Gasteiger partial charge is 0.313 e. The molecule has 0 saturated carbocycles. The van der Waals surface area contributed by atoms with Crippen LogP contribution < -0.4 is 4.90 Å². The molecule has 0 amide bonds. The number of hydrogen-bond donors (Lipinski definition) is 1. The van der Waals surface area contributed by atoms with Gasteiger partial charge >= 0.3 is 0 Å². The van der Waals surface area contributed by atoms with E-state index in [2.05, 4.69) is 14.0 Å². The van der Waals surface area contributed by atoms with Crippen molar-refractivity contribution in [3.8, 4) is 0 Å². The van der Waals surface area contributed by atoms with Crippen LogP contribution in [0, 0.1) is 0 Å². The van der Waals surface area contributed by atoms with Crippen molar-refractivity contribution >= 4 is 0 Å². The molecule has 10 heavy (non-hydrogen) atoms. The third-order valence-electron chi connectivity index (χ3n) is 1.18. The molecule has 3 nitrogen and oxygen atoms in total. The van der Waals surface area contributed by atoms with Crippen LogP contribution in [0.2, 0.25) is 0 Å². The zero-order valence-electron chi connectivity index (χ0n) is 7.14. The van der Waals surface area contributed by atoms with Crippen molar-refractivity contribution in [3.05, 3.63) is 0 Å². The van der Waals surface area contributed by atoms with Crippen LogP contribution in [-0.4, -0.2) is 26.9 Å². The van der Waals surface area contributed by atoms with Gasteiger partial charge in [0.05, 0.1) is 20.2 Å². The Morgan fingerprint density at radius 3 is 2.40 bits per heavy atom. The Morgan fingerprint density at radius 1 is 1.20 bits per heavy atom. The molecule has 3 heteroatoms. The molecule has 0 spiro atoms. The first-order valence-electron chi connectivity index (χ1n) is 3.87. The van der Waals surface area contributed by atoms with E-state index >= 15 is 0 Å². The first-order valence-corrected chi connectivity index (χ1v) is 3.87. The second-order valence-electron chi connectivity index (χ2n) is 2.38. The van der Waals surface area contributed by atoms with Gasteiger partial charge in [-0.3, -0.25) is 0 Å². The van der Waals surface area contributed by atoms with Crippen LogP contribution in [0.5, 0.6) is 0 Å². The summed E-state index contributed by atoms with van der Waals surface area (Å²) in [6, 6.07) is 0. The van der Waals surface area contributed by atoms with Gasteiger partial charge in [0.2, 0.25) is 6.73 Å². The molecule has 0 fully saturated rings. The van der Waals surface area contributed by atoms with Gasteiger partial charge in [-0.25, -0.2) is 4.89 Å². The Labute approximate surface area is 62.8 Å². The summed E-state index contributed by atoms with van der Waals surface area (Å²) in [5.74, 6) is 0. The highest BCUT2D eigenvalue weighted by atomic mass is 17.2. The molecular weight excluding hydrogens is 130 g/mol. The van der Waals surface area contributed by atoms with Crippen LogP contribution in [-0.2, 0) is 9.78 Å². The SMILES string of the molecule is CCC[NH+](C)COOCC. The molecule has 0 heterocycles. The van der Waals surface area contributed by atoms with Crippen LogP contribution in [0.15, 0.2) is 0 Å². The van der Waals surface area contributed by atoms with Gasteiger partial charge in [0.25, 0.3) is 0 Å². The lowest BCUT2D eigenvalue weighted by atomic mass is 10.5. The van der Waals surface area contributed by atoms with Crippen molar-refractivity contribution in [2.45, 2.75) is 20.3 Å². The van der Waals surface area contributed by atoms with Gasteiger partial charge < -0.3 is 4.90 Å². The van der Waals surface area contributed by atoms with Gasteiger partial charge in [-0.05, 0) is 13.3 Å². The van der Waals surface area contributed by atoms with E-state index < -0.39 is 0 Å². The Hall–Kier alpha value is -0.120. The highest BCUT2D eigenvalue weighted by Crippen LogP contribution is 1.70. The molecule has 0 aromatic heterocycles. The highest BCUT2D eigenvalue weighted by Gasteiger charge is 1.97. The fourth-order valence-electron chi connectivity index (χ4n) is 0.725. The summed E-state index contributed by atoms with van der Waals surface area (Å²) >= 11 is 0. The summed E-state index contributed by atoms with van der Waals surface area (Å²) in [4.78, 5) is 10.9. The zero-order chi connectivity index (χ0) is 7.82. The normalized spacial score (nSPS) is 13.5. The molecule has 0 rings (SSSR count). The topological polar surface area (TPSA) is 22.9 Å². The number of quaternary nitrogens is 1. The lowest BCUT2D eigenvalue weighted by molar-refractivity contribution is -0.910. The van der Waals surface area contributed by atoms with Gasteiger partial charge in [-0.2, -0.15) is 4.89 Å². The average Bonchev–Trinajstić information content (AvgIpc) is 1.89. The van der Waals surface area contributed by atoms with Gasteiger partial charge in [0.15, 0.2) is 0 Å². The maximum absolute atomic E-state index is 4.86. The van der Waals surface area contributed by atoms with Crippen LogP contribution in [0.3, 0.4) is 0 Å². The van der Waals surface area contributed by atoms with E-state index in [4.69, 9.17) is 9.78 Å². The average molecular weight is 148 g/mol. The van der Waals surface area contributed by atoms with Crippen LogP contribution >= 0.6 is 0 Å². The fourth-order valence-corrected chi connectivity index (χ4v) is 0.725. The Bertz CT molecular complexity index is 68.6. The third-order valence-corrected chi connectivity index (χ3v) is 1.18. The molecule has 0 aromatic carbocycles. The fraction of sp³-hybridized carbons (Fsp3) is 1.00. The molecule has 1 atom stereocenters. The standard InChI is InChI=1S/C7H17NO2/c1-4-6-8(3)7-10-9-5-2/h4-7H2,1-3H3/p+1. The summed E-state index contributed by atoms with van der Waals surface area (Å²) in [5.41, 5.74) is 0. The van der Waals surface area contributed by atoms with Crippen LogP contribution in [0.4, 0.5) is 0 Å². The maximum Gasteiger partial charge on any atom is 0.212 e. The minimum absolute atomic E-state index is 0.624. The number of nitrogens with one attached hydrogen (secondary N) is 1. The molecule has 62 valence electrons. The van der Waals surface area contributed by atoms with Crippen LogP contribution in [0.1, 0.15) is 20.3 Å². The second-order valence-corrected chi connectivity index (χ2v) is 2.38. The molecule has 1 N–H and O–H groups in total. The highest BCUT2D eigenvalue weighted by molar-refractivity contribution is 4.14. The van der Waals surface area contributed by atoms with E-state index in [0.29, 0.717) is 13.3 Å².